The molecule has 0 bridgehead atoms. The summed E-state index contributed by atoms with van der Waals surface area (Å²) in [5.74, 6) is 0.0507. The van der Waals surface area contributed by atoms with E-state index in [0.717, 1.165) is 18.4 Å². The summed E-state index contributed by atoms with van der Waals surface area (Å²) in [5.41, 5.74) is 0.801. The number of amides is 1. The van der Waals surface area contributed by atoms with Crippen molar-refractivity contribution in [3.8, 4) is 0 Å². The first kappa shape index (κ1) is 18.9. The lowest BCUT2D eigenvalue weighted by atomic mass is 10.2. The number of rotatable bonds is 8. The fraction of sp³-hybridized carbons (Fsp3) is 0.588. The molecule has 0 atom stereocenters. The van der Waals surface area contributed by atoms with E-state index in [-0.39, 0.29) is 11.7 Å². The molecule has 1 aromatic rings. The molecule has 1 heterocycles. The summed E-state index contributed by atoms with van der Waals surface area (Å²) in [7, 11) is -3.30. The number of benzene rings is 1. The van der Waals surface area contributed by atoms with E-state index in [9.17, 15) is 13.2 Å². The zero-order chi connectivity index (χ0) is 17.4. The second-order valence-electron chi connectivity index (χ2n) is 6.12. The Labute approximate surface area is 144 Å². The van der Waals surface area contributed by atoms with Gasteiger partial charge in [-0.1, -0.05) is 43.7 Å². The fourth-order valence-electron chi connectivity index (χ4n) is 2.71. The van der Waals surface area contributed by atoms with Crippen LogP contribution in [0.15, 0.2) is 30.3 Å². The number of unbranched alkanes of at least 4 members (excludes halogenated alkanes) is 1. The molecule has 24 heavy (non-hydrogen) atoms. The molecule has 0 aromatic heterocycles. The number of hydrogen-bond donors (Lipinski definition) is 1. The van der Waals surface area contributed by atoms with E-state index in [1.54, 1.807) is 0 Å². The Kier molecular flexibility index (Phi) is 7.20. The first-order valence-electron chi connectivity index (χ1n) is 8.52. The average Bonchev–Trinajstić information content (AvgIpc) is 2.56. The summed E-state index contributed by atoms with van der Waals surface area (Å²) in [6.45, 7) is 5.21. The maximum absolute atomic E-state index is 12.5. The highest BCUT2D eigenvalue weighted by Gasteiger charge is 2.27. The van der Waals surface area contributed by atoms with Crippen LogP contribution in [0.2, 0.25) is 0 Å². The molecule has 0 spiro atoms. The van der Waals surface area contributed by atoms with Gasteiger partial charge in [-0.15, -0.1) is 0 Å². The van der Waals surface area contributed by atoms with Gasteiger partial charge in [0.05, 0.1) is 12.3 Å². The van der Waals surface area contributed by atoms with Crippen molar-refractivity contribution in [3.05, 3.63) is 35.9 Å². The third-order valence-corrected chi connectivity index (χ3v) is 5.99. The largest absolute Gasteiger partial charge is 0.355 e. The summed E-state index contributed by atoms with van der Waals surface area (Å²) in [6.07, 6.45) is 2.04. The van der Waals surface area contributed by atoms with E-state index in [1.165, 1.54) is 4.31 Å². The first-order chi connectivity index (χ1) is 11.5. The van der Waals surface area contributed by atoms with E-state index >= 15 is 0 Å². The molecular weight excluding hydrogens is 326 g/mol. The summed E-state index contributed by atoms with van der Waals surface area (Å²) < 4.78 is 26.5. The topological polar surface area (TPSA) is 69.7 Å². The van der Waals surface area contributed by atoms with E-state index in [0.29, 0.717) is 39.3 Å². The minimum absolute atomic E-state index is 0.0176. The van der Waals surface area contributed by atoms with Gasteiger partial charge in [-0.2, -0.15) is 4.31 Å². The number of hydrogen-bond acceptors (Lipinski definition) is 4. The number of sulfonamides is 1. The molecule has 1 aliphatic heterocycles. The minimum atomic E-state index is -3.30. The molecule has 1 aromatic carbocycles. The van der Waals surface area contributed by atoms with Crippen LogP contribution in [0.25, 0.3) is 0 Å². The van der Waals surface area contributed by atoms with Gasteiger partial charge in [-0.25, -0.2) is 8.42 Å². The van der Waals surface area contributed by atoms with Gasteiger partial charge in [-0.3, -0.25) is 9.69 Å². The normalized spacial score (nSPS) is 16.9. The second-order valence-corrected chi connectivity index (χ2v) is 8.09. The van der Waals surface area contributed by atoms with Crippen LogP contribution < -0.4 is 5.32 Å². The second kappa shape index (κ2) is 9.15. The number of nitrogens with zero attached hydrogens (tertiary/aromatic N) is 2. The van der Waals surface area contributed by atoms with Gasteiger partial charge in [0.25, 0.3) is 0 Å². The van der Waals surface area contributed by atoms with Crippen LogP contribution in [-0.4, -0.2) is 62.8 Å². The van der Waals surface area contributed by atoms with Crippen molar-refractivity contribution < 1.29 is 13.2 Å². The van der Waals surface area contributed by atoms with Crippen molar-refractivity contribution in [2.24, 2.45) is 0 Å². The van der Waals surface area contributed by atoms with Crippen LogP contribution in [-0.2, 0) is 20.6 Å². The SMILES string of the molecule is CCCCNC(=O)CN1CCN(S(=O)(=O)Cc2ccccc2)CC1. The van der Waals surface area contributed by atoms with Gasteiger partial charge in [0.15, 0.2) is 0 Å². The molecule has 0 aliphatic carbocycles. The fourth-order valence-corrected chi connectivity index (χ4v) is 4.22. The highest BCUT2D eigenvalue weighted by molar-refractivity contribution is 7.88. The van der Waals surface area contributed by atoms with Crippen LogP contribution in [0.3, 0.4) is 0 Å². The molecule has 6 nitrogen and oxygen atoms in total. The Morgan fingerprint density at radius 3 is 2.42 bits per heavy atom. The van der Waals surface area contributed by atoms with Crippen molar-refractivity contribution in [1.29, 1.82) is 0 Å². The van der Waals surface area contributed by atoms with Crippen molar-refractivity contribution in [3.63, 3.8) is 0 Å². The van der Waals surface area contributed by atoms with Crippen LogP contribution in [0.1, 0.15) is 25.3 Å². The standard InChI is InChI=1S/C17H27N3O3S/c1-2-3-9-18-17(21)14-19-10-12-20(13-11-19)24(22,23)15-16-7-5-4-6-8-16/h4-8H,2-3,9-15H2,1H3,(H,18,21). The summed E-state index contributed by atoms with van der Waals surface area (Å²) >= 11 is 0. The molecule has 1 N–H and O–H groups in total. The Bertz CT molecular complexity index is 611. The van der Waals surface area contributed by atoms with E-state index in [4.69, 9.17) is 0 Å². The van der Waals surface area contributed by atoms with Gasteiger partial charge in [0, 0.05) is 32.7 Å². The quantitative estimate of drug-likeness (QED) is 0.709. The number of carbonyl (C=O) groups is 1. The van der Waals surface area contributed by atoms with Crippen LogP contribution in [0.5, 0.6) is 0 Å². The monoisotopic (exact) mass is 353 g/mol. The Balaban J connectivity index is 1.78. The Hall–Kier alpha value is -1.44. The van der Waals surface area contributed by atoms with E-state index < -0.39 is 10.0 Å². The number of piperazine rings is 1. The number of nitrogens with one attached hydrogen (secondary N) is 1. The molecule has 1 amide bonds. The molecule has 134 valence electrons. The van der Waals surface area contributed by atoms with Crippen LogP contribution >= 0.6 is 0 Å². The molecule has 1 saturated heterocycles. The van der Waals surface area contributed by atoms with Crippen LogP contribution in [0, 0.1) is 0 Å². The third-order valence-electron chi connectivity index (χ3n) is 4.14. The van der Waals surface area contributed by atoms with Crippen molar-refractivity contribution >= 4 is 15.9 Å². The summed E-state index contributed by atoms with van der Waals surface area (Å²) in [6, 6.07) is 9.23. The van der Waals surface area contributed by atoms with Gasteiger partial charge in [0.1, 0.15) is 0 Å². The molecule has 0 radical (unpaired) electrons. The van der Waals surface area contributed by atoms with Gasteiger partial charge < -0.3 is 5.32 Å². The van der Waals surface area contributed by atoms with Gasteiger partial charge in [-0.05, 0) is 12.0 Å². The summed E-state index contributed by atoms with van der Waals surface area (Å²) in [5, 5.41) is 2.89. The molecule has 1 aliphatic rings. The van der Waals surface area contributed by atoms with Crippen LogP contribution in [0.4, 0.5) is 0 Å². The minimum Gasteiger partial charge on any atom is -0.355 e. The molecule has 7 heteroatoms. The Morgan fingerprint density at radius 1 is 1.12 bits per heavy atom. The predicted octanol–water partition coefficient (Wildman–Crippen LogP) is 1.05. The lowest BCUT2D eigenvalue weighted by Gasteiger charge is -2.33. The molecule has 0 unspecified atom stereocenters. The van der Waals surface area contributed by atoms with Gasteiger partial charge in [0.2, 0.25) is 15.9 Å². The first-order valence-corrected chi connectivity index (χ1v) is 10.1. The highest BCUT2D eigenvalue weighted by Crippen LogP contribution is 2.13. The van der Waals surface area contributed by atoms with E-state index in [2.05, 4.69) is 12.2 Å². The molecular formula is C17H27N3O3S. The Morgan fingerprint density at radius 2 is 1.79 bits per heavy atom. The average molecular weight is 353 g/mol. The lowest BCUT2D eigenvalue weighted by molar-refractivity contribution is -0.122. The zero-order valence-electron chi connectivity index (χ0n) is 14.3. The smallest absolute Gasteiger partial charge is 0.234 e. The zero-order valence-corrected chi connectivity index (χ0v) is 15.1. The summed E-state index contributed by atoms with van der Waals surface area (Å²) in [4.78, 5) is 13.8. The van der Waals surface area contributed by atoms with Crippen molar-refractivity contribution in [2.45, 2.75) is 25.5 Å². The molecule has 0 saturated carbocycles. The van der Waals surface area contributed by atoms with Crippen molar-refractivity contribution in [2.75, 3.05) is 39.3 Å². The molecule has 1 fully saturated rings. The molecule has 2 rings (SSSR count). The predicted molar refractivity (Wildman–Crippen MR) is 95.0 cm³/mol. The van der Waals surface area contributed by atoms with Crippen molar-refractivity contribution in [1.82, 2.24) is 14.5 Å². The maximum atomic E-state index is 12.5. The van der Waals surface area contributed by atoms with Gasteiger partial charge >= 0.3 is 0 Å². The maximum Gasteiger partial charge on any atom is 0.234 e. The third kappa shape index (κ3) is 5.89. The highest BCUT2D eigenvalue weighted by atomic mass is 32.2. The lowest BCUT2D eigenvalue weighted by Crippen LogP contribution is -2.51. The number of carbonyl (C=O) groups excluding carboxylic acids is 1. The van der Waals surface area contributed by atoms with E-state index in [1.807, 2.05) is 35.2 Å².